The Labute approximate surface area is 115 Å². The van der Waals surface area contributed by atoms with Crippen molar-refractivity contribution in [1.82, 2.24) is 0 Å². The minimum absolute atomic E-state index is 0.603. The molecule has 0 amide bonds. The molecule has 1 N–H and O–H groups in total. The smallest absolute Gasteiger partial charge is 0.119 e. The molecule has 0 heterocycles. The van der Waals surface area contributed by atoms with E-state index in [4.69, 9.17) is 4.74 Å². The summed E-state index contributed by atoms with van der Waals surface area (Å²) in [5.41, 5.74) is 1.74. The van der Waals surface area contributed by atoms with Crippen LogP contribution in [0, 0.1) is 0 Å². The van der Waals surface area contributed by atoms with Crippen molar-refractivity contribution in [3.63, 3.8) is 0 Å². The molecule has 0 aliphatic heterocycles. The van der Waals surface area contributed by atoms with Gasteiger partial charge in [-0.15, -0.1) is 0 Å². The maximum absolute atomic E-state index is 10.2. The second-order valence-electron chi connectivity index (χ2n) is 3.96. The summed E-state index contributed by atoms with van der Waals surface area (Å²) in [6.45, 7) is 2.60. The van der Waals surface area contributed by atoms with Gasteiger partial charge in [-0.2, -0.15) is 0 Å². The minimum atomic E-state index is -0.603. The summed E-state index contributed by atoms with van der Waals surface area (Å²) >= 11 is 3.38. The van der Waals surface area contributed by atoms with Crippen LogP contribution in [-0.2, 0) is 0 Å². The van der Waals surface area contributed by atoms with E-state index in [1.54, 1.807) is 0 Å². The Hall–Kier alpha value is -1.32. The molecule has 0 aromatic heterocycles. The average molecular weight is 307 g/mol. The average Bonchev–Trinajstić information content (AvgIpc) is 2.40. The van der Waals surface area contributed by atoms with Crippen LogP contribution in [0.25, 0.3) is 0 Å². The Morgan fingerprint density at radius 2 is 1.50 bits per heavy atom. The van der Waals surface area contributed by atoms with E-state index in [0.717, 1.165) is 21.3 Å². The summed E-state index contributed by atoms with van der Waals surface area (Å²) in [5.74, 6) is 0.823. The summed E-state index contributed by atoms with van der Waals surface area (Å²) in [6, 6.07) is 15.2. The normalized spacial score (nSPS) is 12.2. The molecule has 0 saturated carbocycles. The van der Waals surface area contributed by atoms with Crippen LogP contribution in [0.4, 0.5) is 0 Å². The summed E-state index contributed by atoms with van der Waals surface area (Å²) in [6.07, 6.45) is -0.603. The van der Waals surface area contributed by atoms with Crippen LogP contribution in [0.15, 0.2) is 53.0 Å². The maximum Gasteiger partial charge on any atom is 0.119 e. The number of aliphatic hydroxyl groups is 1. The van der Waals surface area contributed by atoms with Gasteiger partial charge in [-0.3, -0.25) is 0 Å². The van der Waals surface area contributed by atoms with E-state index in [0.29, 0.717) is 6.61 Å². The molecule has 0 unspecified atom stereocenters. The molecule has 2 rings (SSSR count). The fraction of sp³-hybridized carbons (Fsp3) is 0.200. The van der Waals surface area contributed by atoms with Crippen molar-refractivity contribution in [3.8, 4) is 5.75 Å². The van der Waals surface area contributed by atoms with Gasteiger partial charge in [0, 0.05) is 4.47 Å². The minimum Gasteiger partial charge on any atom is -0.494 e. The molecule has 94 valence electrons. The predicted octanol–water partition coefficient (Wildman–Crippen LogP) is 3.93. The first kappa shape index (κ1) is 13.1. The predicted molar refractivity (Wildman–Crippen MR) is 75.8 cm³/mol. The zero-order valence-corrected chi connectivity index (χ0v) is 11.7. The SMILES string of the molecule is CCOc1ccc([C@@H](O)c2ccc(Br)cc2)cc1. The van der Waals surface area contributed by atoms with Crippen molar-refractivity contribution in [3.05, 3.63) is 64.1 Å². The lowest BCUT2D eigenvalue weighted by Crippen LogP contribution is -1.99. The van der Waals surface area contributed by atoms with Crippen LogP contribution in [0.3, 0.4) is 0 Å². The van der Waals surface area contributed by atoms with Crippen molar-refractivity contribution >= 4 is 15.9 Å². The Balaban J connectivity index is 2.17. The molecule has 0 fully saturated rings. The van der Waals surface area contributed by atoms with E-state index in [1.165, 1.54) is 0 Å². The molecule has 3 heteroatoms. The first-order chi connectivity index (χ1) is 8.70. The molecular formula is C15H15BrO2. The van der Waals surface area contributed by atoms with E-state index in [2.05, 4.69) is 15.9 Å². The molecule has 0 aliphatic rings. The molecule has 18 heavy (non-hydrogen) atoms. The monoisotopic (exact) mass is 306 g/mol. The number of hydrogen-bond donors (Lipinski definition) is 1. The van der Waals surface area contributed by atoms with Gasteiger partial charge < -0.3 is 9.84 Å². The highest BCUT2D eigenvalue weighted by atomic mass is 79.9. The third-order valence-electron chi connectivity index (χ3n) is 2.69. The van der Waals surface area contributed by atoms with Gasteiger partial charge in [0.15, 0.2) is 0 Å². The second-order valence-corrected chi connectivity index (χ2v) is 4.87. The number of halogens is 1. The molecule has 0 radical (unpaired) electrons. The molecule has 2 aromatic rings. The van der Waals surface area contributed by atoms with Gasteiger partial charge in [0.05, 0.1) is 6.61 Å². The number of ether oxygens (including phenoxy) is 1. The highest BCUT2D eigenvalue weighted by Gasteiger charge is 2.10. The Morgan fingerprint density at radius 1 is 1.00 bits per heavy atom. The molecule has 2 aromatic carbocycles. The summed E-state index contributed by atoms with van der Waals surface area (Å²) in [5, 5.41) is 10.2. The topological polar surface area (TPSA) is 29.5 Å². The van der Waals surface area contributed by atoms with Crippen LogP contribution in [-0.4, -0.2) is 11.7 Å². The molecule has 0 bridgehead atoms. The Kier molecular flexibility index (Phi) is 4.39. The van der Waals surface area contributed by atoms with E-state index in [1.807, 2.05) is 55.5 Å². The van der Waals surface area contributed by atoms with E-state index in [-0.39, 0.29) is 0 Å². The molecule has 0 spiro atoms. The van der Waals surface area contributed by atoms with Gasteiger partial charge in [-0.05, 0) is 42.3 Å². The third-order valence-corrected chi connectivity index (χ3v) is 3.22. The lowest BCUT2D eigenvalue weighted by molar-refractivity contribution is 0.220. The molecule has 0 aliphatic carbocycles. The quantitative estimate of drug-likeness (QED) is 0.927. The first-order valence-corrected chi connectivity index (χ1v) is 6.66. The Morgan fingerprint density at radius 3 is 2.00 bits per heavy atom. The van der Waals surface area contributed by atoms with Gasteiger partial charge in [0.25, 0.3) is 0 Å². The van der Waals surface area contributed by atoms with Crippen LogP contribution in [0.1, 0.15) is 24.2 Å². The molecule has 2 nitrogen and oxygen atoms in total. The second kappa shape index (κ2) is 6.03. The standard InChI is InChI=1S/C15H15BrO2/c1-2-18-14-9-5-12(6-10-14)15(17)11-3-7-13(16)8-4-11/h3-10,15,17H,2H2,1H3/t15-/m0/s1. The van der Waals surface area contributed by atoms with E-state index < -0.39 is 6.10 Å². The maximum atomic E-state index is 10.2. The highest BCUT2D eigenvalue weighted by Crippen LogP contribution is 2.25. The highest BCUT2D eigenvalue weighted by molar-refractivity contribution is 9.10. The van der Waals surface area contributed by atoms with Crippen molar-refractivity contribution < 1.29 is 9.84 Å². The van der Waals surface area contributed by atoms with Crippen LogP contribution >= 0.6 is 15.9 Å². The van der Waals surface area contributed by atoms with Gasteiger partial charge in [-0.25, -0.2) is 0 Å². The molecular weight excluding hydrogens is 292 g/mol. The summed E-state index contributed by atoms with van der Waals surface area (Å²) < 4.78 is 6.38. The van der Waals surface area contributed by atoms with Crippen molar-refractivity contribution in [1.29, 1.82) is 0 Å². The van der Waals surface area contributed by atoms with Gasteiger partial charge in [0.1, 0.15) is 11.9 Å². The van der Waals surface area contributed by atoms with Crippen LogP contribution in [0.5, 0.6) is 5.75 Å². The van der Waals surface area contributed by atoms with Crippen molar-refractivity contribution in [2.45, 2.75) is 13.0 Å². The molecule has 0 saturated heterocycles. The van der Waals surface area contributed by atoms with Gasteiger partial charge in [0.2, 0.25) is 0 Å². The lowest BCUT2D eigenvalue weighted by atomic mass is 10.0. The van der Waals surface area contributed by atoms with E-state index >= 15 is 0 Å². The summed E-state index contributed by atoms with van der Waals surface area (Å²) in [4.78, 5) is 0. The van der Waals surface area contributed by atoms with Crippen LogP contribution < -0.4 is 4.74 Å². The van der Waals surface area contributed by atoms with Crippen molar-refractivity contribution in [2.24, 2.45) is 0 Å². The largest absolute Gasteiger partial charge is 0.494 e. The fourth-order valence-electron chi connectivity index (χ4n) is 1.75. The number of aliphatic hydroxyl groups excluding tert-OH is 1. The third kappa shape index (κ3) is 3.12. The van der Waals surface area contributed by atoms with Crippen LogP contribution in [0.2, 0.25) is 0 Å². The van der Waals surface area contributed by atoms with Crippen molar-refractivity contribution in [2.75, 3.05) is 6.61 Å². The van der Waals surface area contributed by atoms with E-state index in [9.17, 15) is 5.11 Å². The molecule has 1 atom stereocenters. The van der Waals surface area contributed by atoms with Gasteiger partial charge >= 0.3 is 0 Å². The summed E-state index contributed by atoms with van der Waals surface area (Å²) in [7, 11) is 0. The van der Waals surface area contributed by atoms with Gasteiger partial charge in [-0.1, -0.05) is 40.2 Å². The number of rotatable bonds is 4. The first-order valence-electron chi connectivity index (χ1n) is 5.87. The number of benzene rings is 2. The zero-order chi connectivity index (χ0) is 13.0. The Bertz CT molecular complexity index is 491. The zero-order valence-electron chi connectivity index (χ0n) is 10.1. The lowest BCUT2D eigenvalue weighted by Gasteiger charge is -2.12. The fourth-order valence-corrected chi connectivity index (χ4v) is 2.01. The number of hydrogen-bond acceptors (Lipinski definition) is 2.